The largest absolute Gasteiger partial charge is 0.496 e. The number of ether oxygens (including phenoxy) is 3. The highest BCUT2D eigenvalue weighted by Crippen LogP contribution is 2.43. The van der Waals surface area contributed by atoms with Gasteiger partial charge >= 0.3 is 0 Å². The first-order chi connectivity index (χ1) is 9.10. The van der Waals surface area contributed by atoms with E-state index >= 15 is 0 Å². The summed E-state index contributed by atoms with van der Waals surface area (Å²) < 4.78 is 21.3. The molecule has 0 saturated carbocycles. The third-order valence-corrected chi connectivity index (χ3v) is 2.76. The van der Waals surface area contributed by atoms with Gasteiger partial charge in [0.2, 0.25) is 0 Å². The molecule has 6 nitrogen and oxygen atoms in total. The van der Waals surface area contributed by atoms with E-state index < -0.39 is 0 Å². The SMILES string of the molecule is COc1cc(OC)c(-c2oc(N)nc2C)c(OC)c1. The van der Waals surface area contributed by atoms with Crippen LogP contribution in [0.2, 0.25) is 0 Å². The lowest BCUT2D eigenvalue weighted by atomic mass is 10.1. The monoisotopic (exact) mass is 264 g/mol. The topological polar surface area (TPSA) is 79.7 Å². The van der Waals surface area contributed by atoms with Crippen molar-refractivity contribution in [1.82, 2.24) is 4.98 Å². The number of rotatable bonds is 4. The first-order valence-electron chi connectivity index (χ1n) is 5.64. The molecule has 0 fully saturated rings. The number of methoxy groups -OCH3 is 3. The highest BCUT2D eigenvalue weighted by atomic mass is 16.5. The minimum absolute atomic E-state index is 0.104. The molecule has 0 aliphatic rings. The van der Waals surface area contributed by atoms with Crippen LogP contribution in [0.5, 0.6) is 17.2 Å². The molecule has 0 saturated heterocycles. The molecule has 1 aromatic heterocycles. The van der Waals surface area contributed by atoms with Gasteiger partial charge in [-0.1, -0.05) is 0 Å². The van der Waals surface area contributed by atoms with Crippen LogP contribution in [-0.2, 0) is 0 Å². The fourth-order valence-electron chi connectivity index (χ4n) is 1.88. The third-order valence-electron chi connectivity index (χ3n) is 2.76. The first kappa shape index (κ1) is 13.1. The van der Waals surface area contributed by atoms with E-state index in [-0.39, 0.29) is 6.01 Å². The summed E-state index contributed by atoms with van der Waals surface area (Å²) in [6, 6.07) is 3.60. The highest BCUT2D eigenvalue weighted by molar-refractivity contribution is 5.76. The lowest BCUT2D eigenvalue weighted by Gasteiger charge is -2.13. The summed E-state index contributed by atoms with van der Waals surface area (Å²) in [4.78, 5) is 4.05. The zero-order valence-electron chi connectivity index (χ0n) is 11.3. The van der Waals surface area contributed by atoms with Gasteiger partial charge in [-0.05, 0) is 6.92 Å². The number of nitrogens with zero attached hydrogens (tertiary/aromatic N) is 1. The van der Waals surface area contributed by atoms with Crippen molar-refractivity contribution in [2.24, 2.45) is 0 Å². The normalized spacial score (nSPS) is 10.3. The molecule has 0 amide bonds. The smallest absolute Gasteiger partial charge is 0.292 e. The van der Waals surface area contributed by atoms with Gasteiger partial charge in [-0.3, -0.25) is 0 Å². The Morgan fingerprint density at radius 1 is 1.05 bits per heavy atom. The van der Waals surface area contributed by atoms with Crippen LogP contribution in [-0.4, -0.2) is 26.3 Å². The zero-order chi connectivity index (χ0) is 14.0. The van der Waals surface area contributed by atoms with Crippen LogP contribution in [0, 0.1) is 6.92 Å². The second-order valence-electron chi connectivity index (χ2n) is 3.87. The van der Waals surface area contributed by atoms with Crippen molar-refractivity contribution in [1.29, 1.82) is 0 Å². The Hall–Kier alpha value is -2.37. The van der Waals surface area contributed by atoms with Crippen molar-refractivity contribution >= 4 is 6.01 Å². The predicted molar refractivity (Wildman–Crippen MR) is 70.7 cm³/mol. The molecule has 1 aromatic carbocycles. The molecule has 19 heavy (non-hydrogen) atoms. The van der Waals surface area contributed by atoms with E-state index in [1.807, 2.05) is 0 Å². The predicted octanol–water partition coefficient (Wildman–Crippen LogP) is 2.26. The molecule has 1 heterocycles. The number of anilines is 1. The number of benzene rings is 1. The summed E-state index contributed by atoms with van der Waals surface area (Å²) in [6.45, 7) is 1.80. The van der Waals surface area contributed by atoms with E-state index in [1.165, 1.54) is 0 Å². The van der Waals surface area contributed by atoms with Crippen molar-refractivity contribution in [2.45, 2.75) is 6.92 Å². The highest BCUT2D eigenvalue weighted by Gasteiger charge is 2.21. The van der Waals surface area contributed by atoms with Gasteiger partial charge in [0.05, 0.1) is 27.0 Å². The van der Waals surface area contributed by atoms with Crippen LogP contribution in [0.3, 0.4) is 0 Å². The van der Waals surface area contributed by atoms with Crippen molar-refractivity contribution in [3.63, 3.8) is 0 Å². The number of nitrogen functional groups attached to an aromatic ring is 1. The van der Waals surface area contributed by atoms with Crippen LogP contribution >= 0.6 is 0 Å². The molecular weight excluding hydrogens is 248 g/mol. The van der Waals surface area contributed by atoms with Gasteiger partial charge in [-0.15, -0.1) is 0 Å². The van der Waals surface area contributed by atoms with Crippen molar-refractivity contribution in [2.75, 3.05) is 27.1 Å². The van der Waals surface area contributed by atoms with Gasteiger partial charge in [-0.25, -0.2) is 0 Å². The van der Waals surface area contributed by atoms with E-state index in [1.54, 1.807) is 40.4 Å². The quantitative estimate of drug-likeness (QED) is 0.912. The Labute approximate surface area is 111 Å². The Bertz CT molecular complexity index is 567. The van der Waals surface area contributed by atoms with Crippen molar-refractivity contribution in [3.8, 4) is 28.6 Å². The molecule has 0 aliphatic heterocycles. The Morgan fingerprint density at radius 2 is 1.63 bits per heavy atom. The van der Waals surface area contributed by atoms with Gasteiger partial charge in [-0.2, -0.15) is 4.98 Å². The van der Waals surface area contributed by atoms with Gasteiger partial charge < -0.3 is 24.4 Å². The minimum atomic E-state index is 0.104. The maximum absolute atomic E-state index is 5.57. The summed E-state index contributed by atoms with van der Waals surface area (Å²) in [5.74, 6) is 2.28. The maximum Gasteiger partial charge on any atom is 0.292 e. The van der Waals surface area contributed by atoms with E-state index in [9.17, 15) is 0 Å². The number of oxazole rings is 1. The van der Waals surface area contributed by atoms with Crippen LogP contribution < -0.4 is 19.9 Å². The summed E-state index contributed by atoms with van der Waals surface area (Å²) in [7, 11) is 4.70. The van der Waals surface area contributed by atoms with Crippen molar-refractivity contribution in [3.05, 3.63) is 17.8 Å². The van der Waals surface area contributed by atoms with Crippen LogP contribution in [0.15, 0.2) is 16.5 Å². The average Bonchev–Trinajstić information content (AvgIpc) is 2.75. The van der Waals surface area contributed by atoms with E-state index in [4.69, 9.17) is 24.4 Å². The number of aromatic nitrogens is 1. The van der Waals surface area contributed by atoms with Crippen LogP contribution in [0.4, 0.5) is 6.01 Å². The Morgan fingerprint density at radius 3 is 2.00 bits per heavy atom. The lowest BCUT2D eigenvalue weighted by Crippen LogP contribution is -1.95. The second kappa shape index (κ2) is 5.09. The molecule has 0 bridgehead atoms. The number of hydrogen-bond acceptors (Lipinski definition) is 6. The fourth-order valence-corrected chi connectivity index (χ4v) is 1.88. The molecule has 0 radical (unpaired) electrons. The maximum atomic E-state index is 5.57. The Balaban J connectivity index is 2.70. The standard InChI is InChI=1S/C13H16N2O4/c1-7-12(19-13(14)15-7)11-9(17-3)5-8(16-2)6-10(11)18-4/h5-6H,1-4H3,(H2,14,15). The summed E-state index contributed by atoms with van der Waals surface area (Å²) in [5, 5.41) is 0. The molecule has 2 rings (SSSR count). The van der Waals surface area contributed by atoms with Crippen LogP contribution in [0.25, 0.3) is 11.3 Å². The Kier molecular flexibility index (Phi) is 3.50. The number of hydrogen-bond donors (Lipinski definition) is 1. The molecule has 0 aliphatic carbocycles. The van der Waals surface area contributed by atoms with Gasteiger partial charge in [0.25, 0.3) is 6.01 Å². The van der Waals surface area contributed by atoms with E-state index in [0.29, 0.717) is 34.3 Å². The lowest BCUT2D eigenvalue weighted by molar-refractivity contribution is 0.376. The molecule has 2 aromatic rings. The summed E-state index contributed by atoms with van der Waals surface area (Å²) >= 11 is 0. The van der Waals surface area contributed by atoms with Gasteiger partial charge in [0, 0.05) is 12.1 Å². The molecular formula is C13H16N2O4. The molecule has 0 spiro atoms. The summed E-state index contributed by atoms with van der Waals surface area (Å²) in [5.41, 5.74) is 6.90. The van der Waals surface area contributed by atoms with E-state index in [2.05, 4.69) is 4.98 Å². The van der Waals surface area contributed by atoms with Gasteiger partial charge in [0.1, 0.15) is 22.8 Å². The molecule has 2 N–H and O–H groups in total. The average molecular weight is 264 g/mol. The number of nitrogens with two attached hydrogens (primary N) is 1. The van der Waals surface area contributed by atoms with Crippen molar-refractivity contribution < 1.29 is 18.6 Å². The van der Waals surface area contributed by atoms with Gasteiger partial charge in [0.15, 0.2) is 5.76 Å². The minimum Gasteiger partial charge on any atom is -0.496 e. The molecule has 0 atom stereocenters. The molecule has 0 unspecified atom stereocenters. The third kappa shape index (κ3) is 2.29. The number of aryl methyl sites for hydroxylation is 1. The zero-order valence-corrected chi connectivity index (χ0v) is 11.3. The molecule has 6 heteroatoms. The van der Waals surface area contributed by atoms with E-state index in [0.717, 1.165) is 0 Å². The first-order valence-corrected chi connectivity index (χ1v) is 5.64. The fraction of sp³-hybridized carbons (Fsp3) is 0.308. The van der Waals surface area contributed by atoms with Crippen LogP contribution in [0.1, 0.15) is 5.69 Å². The molecule has 102 valence electrons. The summed E-state index contributed by atoms with van der Waals surface area (Å²) in [6.07, 6.45) is 0. The second-order valence-corrected chi connectivity index (χ2v) is 3.87.